The Morgan fingerprint density at radius 3 is 2.56 bits per heavy atom. The molecule has 6 heteroatoms. The van der Waals surface area contributed by atoms with Gasteiger partial charge in [0.1, 0.15) is 11.0 Å². The normalized spacial score (nSPS) is 12.9. The zero-order valence-electron chi connectivity index (χ0n) is 15.6. The molecule has 0 amide bonds. The molecule has 1 N–H and O–H groups in total. The van der Waals surface area contributed by atoms with Crippen LogP contribution in [0.3, 0.4) is 0 Å². The Morgan fingerprint density at radius 1 is 1.28 bits per heavy atom. The molecule has 0 bridgehead atoms. The van der Waals surface area contributed by atoms with Crippen molar-refractivity contribution >= 4 is 29.7 Å². The van der Waals surface area contributed by atoms with Gasteiger partial charge in [0.25, 0.3) is 0 Å². The molecule has 0 saturated carbocycles. The second-order valence-corrected chi connectivity index (χ2v) is 7.21. The van der Waals surface area contributed by atoms with Gasteiger partial charge in [-0.25, -0.2) is 15.0 Å². The lowest BCUT2D eigenvalue weighted by Gasteiger charge is -2.10. The Hall–Kier alpha value is -2.05. The number of nitrogens with one attached hydrogen (secondary N) is 1. The first-order valence-electron chi connectivity index (χ1n) is 8.28. The summed E-state index contributed by atoms with van der Waals surface area (Å²) >= 11 is 1.68. The van der Waals surface area contributed by atoms with Crippen LogP contribution in [-0.4, -0.2) is 31.4 Å². The van der Waals surface area contributed by atoms with Crippen LogP contribution in [0.25, 0.3) is 0 Å². The number of thiazole rings is 1. The van der Waals surface area contributed by atoms with Crippen LogP contribution in [0, 0.1) is 20.8 Å². The molecule has 1 heterocycles. The average Bonchev–Trinajstić information content (AvgIpc) is 2.92. The van der Waals surface area contributed by atoms with Crippen molar-refractivity contribution in [2.75, 3.05) is 19.0 Å². The van der Waals surface area contributed by atoms with E-state index in [-0.39, 0.29) is 6.04 Å². The van der Waals surface area contributed by atoms with Crippen LogP contribution in [0.2, 0.25) is 0 Å². The van der Waals surface area contributed by atoms with Gasteiger partial charge >= 0.3 is 0 Å². The highest BCUT2D eigenvalue weighted by Crippen LogP contribution is 2.26. The number of hydrogen-bond acceptors (Lipinski definition) is 4. The third-order valence-corrected chi connectivity index (χ3v) is 5.13. The predicted molar refractivity (Wildman–Crippen MR) is 107 cm³/mol. The topological polar surface area (TPSA) is 58.9 Å². The fraction of sp³-hybridized carbons (Fsp3) is 0.421. The second-order valence-electron chi connectivity index (χ2n) is 6.09. The molecule has 0 aliphatic heterocycles. The molecular formula is C19H26N4OS. The molecule has 25 heavy (non-hydrogen) atoms. The summed E-state index contributed by atoms with van der Waals surface area (Å²) in [6.45, 7) is 12.5. The smallest absolute Gasteiger partial charge is 0.222 e. The molecular weight excluding hydrogens is 332 g/mol. The second kappa shape index (κ2) is 8.87. The van der Waals surface area contributed by atoms with Crippen LogP contribution in [0.5, 0.6) is 0 Å². The van der Waals surface area contributed by atoms with Crippen LogP contribution >= 0.6 is 11.3 Å². The molecule has 2 aromatic rings. The summed E-state index contributed by atoms with van der Waals surface area (Å²) in [5.41, 5.74) is 4.40. The lowest BCUT2D eigenvalue weighted by Crippen LogP contribution is -2.10. The maximum atomic E-state index is 5.16. The third kappa shape index (κ3) is 5.47. The number of aliphatic imine (C=N–C) groups is 2. The van der Waals surface area contributed by atoms with Crippen LogP contribution in [0.4, 0.5) is 5.69 Å². The van der Waals surface area contributed by atoms with Gasteiger partial charge < -0.3 is 10.1 Å². The first kappa shape index (κ1) is 19.3. The Morgan fingerprint density at radius 2 is 1.96 bits per heavy atom. The van der Waals surface area contributed by atoms with E-state index in [0.29, 0.717) is 12.6 Å². The minimum absolute atomic E-state index is 0.0844. The lowest BCUT2D eigenvalue weighted by molar-refractivity contribution is 0.203. The standard InChI is InChI=1S/C19H26N4OS/c1-12-9-13(2)11-16(10-12)23-19(20-5)22-15(4)18-21-14(3)17(25-18)7-8-24-6/h9-11,15H,5,7-8H2,1-4,6H3,(H,22,23). The van der Waals surface area contributed by atoms with E-state index in [1.807, 2.05) is 13.8 Å². The van der Waals surface area contributed by atoms with E-state index in [4.69, 9.17) is 4.74 Å². The number of benzene rings is 1. The zero-order chi connectivity index (χ0) is 18.4. The number of methoxy groups -OCH3 is 1. The highest BCUT2D eigenvalue weighted by molar-refractivity contribution is 7.11. The largest absolute Gasteiger partial charge is 0.384 e. The first-order valence-corrected chi connectivity index (χ1v) is 9.09. The van der Waals surface area contributed by atoms with Gasteiger partial charge in [0.2, 0.25) is 5.96 Å². The van der Waals surface area contributed by atoms with Crippen molar-refractivity contribution in [2.24, 2.45) is 9.98 Å². The maximum absolute atomic E-state index is 5.16. The number of rotatable bonds is 6. The number of hydrogen-bond donors (Lipinski definition) is 1. The van der Waals surface area contributed by atoms with Crippen LogP contribution < -0.4 is 5.32 Å². The molecule has 0 aliphatic carbocycles. The van der Waals surface area contributed by atoms with E-state index in [1.54, 1.807) is 18.4 Å². The SMILES string of the molecule is C=NC(=NC(C)c1nc(C)c(CCOC)s1)Nc1cc(C)cc(C)c1. The van der Waals surface area contributed by atoms with Crippen molar-refractivity contribution in [2.45, 2.75) is 40.2 Å². The Labute approximate surface area is 153 Å². The number of anilines is 1. The summed E-state index contributed by atoms with van der Waals surface area (Å²) in [6.07, 6.45) is 0.879. The zero-order valence-corrected chi connectivity index (χ0v) is 16.4. The monoisotopic (exact) mass is 358 g/mol. The van der Waals surface area contributed by atoms with Crippen molar-refractivity contribution < 1.29 is 4.74 Å². The molecule has 0 spiro atoms. The van der Waals surface area contributed by atoms with E-state index in [2.05, 4.69) is 59.0 Å². The Bertz CT molecular complexity index is 747. The number of aryl methyl sites for hydroxylation is 3. The number of nitrogens with zero attached hydrogens (tertiary/aromatic N) is 3. The summed E-state index contributed by atoms with van der Waals surface area (Å²) in [5, 5.41) is 4.22. The number of aromatic nitrogens is 1. The van der Waals surface area contributed by atoms with E-state index >= 15 is 0 Å². The quantitative estimate of drug-likeness (QED) is 0.611. The van der Waals surface area contributed by atoms with Crippen molar-refractivity contribution in [1.82, 2.24) is 4.98 Å². The van der Waals surface area contributed by atoms with Crippen LogP contribution in [0.1, 0.15) is 39.7 Å². The molecule has 0 fully saturated rings. The van der Waals surface area contributed by atoms with Crippen molar-refractivity contribution in [3.63, 3.8) is 0 Å². The lowest BCUT2D eigenvalue weighted by atomic mass is 10.1. The highest BCUT2D eigenvalue weighted by Gasteiger charge is 2.14. The molecule has 1 aromatic carbocycles. The average molecular weight is 359 g/mol. The maximum Gasteiger partial charge on any atom is 0.222 e. The van der Waals surface area contributed by atoms with Gasteiger partial charge in [-0.3, -0.25) is 0 Å². The van der Waals surface area contributed by atoms with E-state index in [9.17, 15) is 0 Å². The molecule has 1 aromatic heterocycles. The fourth-order valence-electron chi connectivity index (χ4n) is 2.58. The Kier molecular flexibility index (Phi) is 6.84. The van der Waals surface area contributed by atoms with E-state index in [0.717, 1.165) is 22.8 Å². The molecule has 1 unspecified atom stereocenters. The van der Waals surface area contributed by atoms with Crippen molar-refractivity contribution in [3.8, 4) is 0 Å². The molecule has 2 rings (SSSR count). The van der Waals surface area contributed by atoms with Crippen LogP contribution in [-0.2, 0) is 11.2 Å². The van der Waals surface area contributed by atoms with Gasteiger partial charge in [0, 0.05) is 24.1 Å². The van der Waals surface area contributed by atoms with Crippen molar-refractivity contribution in [1.29, 1.82) is 0 Å². The summed E-state index contributed by atoms with van der Waals surface area (Å²) in [4.78, 5) is 14.6. The fourth-order valence-corrected chi connectivity index (χ4v) is 3.62. The highest BCUT2D eigenvalue weighted by atomic mass is 32.1. The molecule has 5 nitrogen and oxygen atoms in total. The van der Waals surface area contributed by atoms with Gasteiger partial charge in [-0.15, -0.1) is 11.3 Å². The third-order valence-electron chi connectivity index (χ3n) is 3.74. The number of guanidine groups is 1. The van der Waals surface area contributed by atoms with Gasteiger partial charge in [0.15, 0.2) is 0 Å². The van der Waals surface area contributed by atoms with Crippen molar-refractivity contribution in [3.05, 3.63) is 44.9 Å². The first-order chi connectivity index (χ1) is 11.9. The van der Waals surface area contributed by atoms with Gasteiger partial charge in [-0.1, -0.05) is 6.07 Å². The summed E-state index contributed by atoms with van der Waals surface area (Å²) in [7, 11) is 1.71. The van der Waals surface area contributed by atoms with E-state index in [1.165, 1.54) is 16.0 Å². The molecule has 134 valence electrons. The minimum atomic E-state index is -0.0844. The molecule has 1 atom stereocenters. The molecule has 0 radical (unpaired) electrons. The summed E-state index contributed by atoms with van der Waals surface area (Å²) in [6, 6.07) is 6.17. The summed E-state index contributed by atoms with van der Waals surface area (Å²) < 4.78 is 5.16. The Balaban J connectivity index is 2.16. The molecule has 0 aliphatic rings. The van der Waals surface area contributed by atoms with Gasteiger partial charge in [0.05, 0.1) is 12.3 Å². The van der Waals surface area contributed by atoms with Gasteiger partial charge in [-0.2, -0.15) is 0 Å². The van der Waals surface area contributed by atoms with E-state index < -0.39 is 0 Å². The van der Waals surface area contributed by atoms with Gasteiger partial charge in [-0.05, 0) is 57.7 Å². The molecule has 0 saturated heterocycles. The minimum Gasteiger partial charge on any atom is -0.384 e. The van der Waals surface area contributed by atoms with Crippen LogP contribution in [0.15, 0.2) is 28.2 Å². The number of ether oxygens (including phenoxy) is 1. The summed E-state index contributed by atoms with van der Waals surface area (Å²) in [5.74, 6) is 0.504. The predicted octanol–water partition coefficient (Wildman–Crippen LogP) is 4.49.